The van der Waals surface area contributed by atoms with Crippen LogP contribution in [0.3, 0.4) is 0 Å². The smallest absolute Gasteiger partial charge is 0.267 e. The predicted octanol–water partition coefficient (Wildman–Crippen LogP) is 4.50. The van der Waals surface area contributed by atoms with E-state index >= 15 is 0 Å². The summed E-state index contributed by atoms with van der Waals surface area (Å²) in [5.41, 5.74) is 3.28. The lowest BCUT2D eigenvalue weighted by molar-refractivity contribution is 0.175. The molecule has 0 aliphatic heterocycles. The van der Waals surface area contributed by atoms with Gasteiger partial charge in [0.1, 0.15) is 11.5 Å². The Morgan fingerprint density at radius 1 is 0.958 bits per heavy atom. The fraction of sp³-hybridized carbons (Fsp3) is 0.263. The van der Waals surface area contributed by atoms with E-state index in [9.17, 15) is 0 Å². The Hall–Kier alpha value is -2.82. The van der Waals surface area contributed by atoms with Crippen molar-refractivity contribution in [3.05, 3.63) is 59.5 Å². The molecule has 0 N–H and O–H groups in total. The van der Waals surface area contributed by atoms with Crippen molar-refractivity contribution in [2.24, 2.45) is 0 Å². The van der Waals surface area contributed by atoms with E-state index < -0.39 is 0 Å². The fourth-order valence-corrected chi connectivity index (χ4v) is 2.30. The maximum absolute atomic E-state index is 5.91. The molecule has 3 rings (SSSR count). The summed E-state index contributed by atoms with van der Waals surface area (Å²) in [7, 11) is 1.63. The molecule has 0 aliphatic rings. The Morgan fingerprint density at radius 3 is 2.33 bits per heavy atom. The van der Waals surface area contributed by atoms with Crippen LogP contribution in [0.1, 0.15) is 30.0 Å². The first-order valence-electron chi connectivity index (χ1n) is 7.79. The van der Waals surface area contributed by atoms with Crippen molar-refractivity contribution in [1.29, 1.82) is 0 Å². The van der Waals surface area contributed by atoms with Crippen LogP contribution in [0.15, 0.2) is 47.0 Å². The van der Waals surface area contributed by atoms with Gasteiger partial charge in [0.05, 0.1) is 7.11 Å². The molecular formula is C19H20N2O3. The highest BCUT2D eigenvalue weighted by atomic mass is 16.5. The minimum Gasteiger partial charge on any atom is -0.497 e. The first-order chi connectivity index (χ1) is 11.6. The fourth-order valence-electron chi connectivity index (χ4n) is 2.30. The van der Waals surface area contributed by atoms with Crippen LogP contribution in [0.2, 0.25) is 0 Å². The van der Waals surface area contributed by atoms with Gasteiger partial charge in [0, 0.05) is 5.56 Å². The van der Waals surface area contributed by atoms with E-state index in [-0.39, 0.29) is 6.10 Å². The van der Waals surface area contributed by atoms with Crippen molar-refractivity contribution in [1.82, 2.24) is 10.1 Å². The number of hydrogen-bond acceptors (Lipinski definition) is 5. The van der Waals surface area contributed by atoms with Crippen LogP contribution in [-0.2, 0) is 0 Å². The minimum atomic E-state index is -0.327. The molecule has 0 saturated carbocycles. The molecule has 0 radical (unpaired) electrons. The third kappa shape index (κ3) is 3.40. The number of aromatic nitrogens is 2. The van der Waals surface area contributed by atoms with Crippen molar-refractivity contribution >= 4 is 0 Å². The molecule has 1 atom stereocenters. The molecule has 5 heteroatoms. The van der Waals surface area contributed by atoms with Crippen molar-refractivity contribution < 1.29 is 14.0 Å². The van der Waals surface area contributed by atoms with E-state index in [1.165, 1.54) is 11.1 Å². The zero-order chi connectivity index (χ0) is 17.1. The van der Waals surface area contributed by atoms with E-state index in [0.717, 1.165) is 17.1 Å². The quantitative estimate of drug-likeness (QED) is 0.691. The van der Waals surface area contributed by atoms with Crippen molar-refractivity contribution in [3.8, 4) is 22.9 Å². The van der Waals surface area contributed by atoms with Gasteiger partial charge in [-0.15, -0.1) is 0 Å². The first-order valence-corrected chi connectivity index (χ1v) is 7.79. The standard InChI is InChI=1S/C19H20N2O3/c1-12-5-8-17(11-13(12)2)23-14(3)19-20-18(21-24-19)15-6-9-16(22-4)10-7-15/h5-11,14H,1-4H3. The van der Waals surface area contributed by atoms with E-state index in [2.05, 4.69) is 24.0 Å². The van der Waals surface area contributed by atoms with Crippen LogP contribution < -0.4 is 9.47 Å². The highest BCUT2D eigenvalue weighted by molar-refractivity contribution is 5.55. The van der Waals surface area contributed by atoms with Crippen LogP contribution in [0.5, 0.6) is 11.5 Å². The van der Waals surface area contributed by atoms with Crippen molar-refractivity contribution in [2.75, 3.05) is 7.11 Å². The summed E-state index contributed by atoms with van der Waals surface area (Å²) in [5, 5.41) is 4.03. The number of aryl methyl sites for hydroxylation is 2. The van der Waals surface area contributed by atoms with Crippen molar-refractivity contribution in [2.45, 2.75) is 26.9 Å². The Bertz CT molecular complexity index is 825. The molecule has 24 heavy (non-hydrogen) atoms. The van der Waals surface area contributed by atoms with Gasteiger partial charge < -0.3 is 14.0 Å². The average Bonchev–Trinajstić information content (AvgIpc) is 3.08. The van der Waals surface area contributed by atoms with Crippen molar-refractivity contribution in [3.63, 3.8) is 0 Å². The average molecular weight is 324 g/mol. The zero-order valence-electron chi connectivity index (χ0n) is 14.2. The molecule has 2 aromatic carbocycles. The van der Waals surface area contributed by atoms with Gasteiger partial charge in [-0.1, -0.05) is 11.2 Å². The van der Waals surface area contributed by atoms with Crippen LogP contribution in [-0.4, -0.2) is 17.3 Å². The van der Waals surface area contributed by atoms with Gasteiger partial charge in [-0.3, -0.25) is 0 Å². The Kier molecular flexibility index (Phi) is 4.51. The van der Waals surface area contributed by atoms with Crippen LogP contribution in [0.4, 0.5) is 0 Å². The van der Waals surface area contributed by atoms with Gasteiger partial charge in [0.15, 0.2) is 6.10 Å². The van der Waals surface area contributed by atoms with Gasteiger partial charge in [-0.25, -0.2) is 0 Å². The monoisotopic (exact) mass is 324 g/mol. The highest BCUT2D eigenvalue weighted by Gasteiger charge is 2.17. The first kappa shape index (κ1) is 16.1. The summed E-state index contributed by atoms with van der Waals surface area (Å²) in [4.78, 5) is 4.43. The molecule has 0 spiro atoms. The molecule has 1 aromatic heterocycles. The molecule has 3 aromatic rings. The molecule has 124 valence electrons. The molecule has 1 unspecified atom stereocenters. The number of ether oxygens (including phenoxy) is 2. The summed E-state index contributed by atoms with van der Waals surface area (Å²) in [6, 6.07) is 13.5. The molecular weight excluding hydrogens is 304 g/mol. The molecule has 0 aliphatic carbocycles. The van der Waals surface area contributed by atoms with E-state index in [0.29, 0.717) is 11.7 Å². The van der Waals surface area contributed by atoms with E-state index in [1.807, 2.05) is 49.4 Å². The third-order valence-corrected chi connectivity index (χ3v) is 3.93. The Labute approximate surface area is 141 Å². The largest absolute Gasteiger partial charge is 0.497 e. The van der Waals surface area contributed by atoms with Gasteiger partial charge in [0.2, 0.25) is 5.82 Å². The maximum atomic E-state index is 5.91. The number of hydrogen-bond donors (Lipinski definition) is 0. The SMILES string of the molecule is COc1ccc(-c2noc(C(C)Oc3ccc(C)c(C)c3)n2)cc1. The second kappa shape index (κ2) is 6.74. The summed E-state index contributed by atoms with van der Waals surface area (Å²) < 4.78 is 16.4. The number of nitrogens with zero attached hydrogens (tertiary/aromatic N) is 2. The summed E-state index contributed by atoms with van der Waals surface area (Å²) in [6.45, 7) is 6.02. The Balaban J connectivity index is 1.75. The molecule has 0 fully saturated rings. The number of benzene rings is 2. The van der Waals surface area contributed by atoms with Crippen LogP contribution >= 0.6 is 0 Å². The zero-order valence-corrected chi connectivity index (χ0v) is 14.2. The van der Waals surface area contributed by atoms with Gasteiger partial charge >= 0.3 is 0 Å². The van der Waals surface area contributed by atoms with Crippen LogP contribution in [0, 0.1) is 13.8 Å². The van der Waals surface area contributed by atoms with E-state index in [4.69, 9.17) is 14.0 Å². The second-order valence-electron chi connectivity index (χ2n) is 5.69. The molecule has 0 amide bonds. The topological polar surface area (TPSA) is 57.4 Å². The maximum Gasteiger partial charge on any atom is 0.267 e. The lowest BCUT2D eigenvalue weighted by Crippen LogP contribution is -2.03. The minimum absolute atomic E-state index is 0.327. The summed E-state index contributed by atoms with van der Waals surface area (Å²) in [6.07, 6.45) is -0.327. The molecule has 0 saturated heterocycles. The predicted molar refractivity (Wildman–Crippen MR) is 91.2 cm³/mol. The number of rotatable bonds is 5. The molecule has 1 heterocycles. The van der Waals surface area contributed by atoms with Crippen LogP contribution in [0.25, 0.3) is 11.4 Å². The molecule has 0 bridgehead atoms. The van der Waals surface area contributed by atoms with Gasteiger partial charge in [-0.2, -0.15) is 4.98 Å². The highest BCUT2D eigenvalue weighted by Crippen LogP contribution is 2.25. The normalized spacial score (nSPS) is 12.0. The Morgan fingerprint density at radius 2 is 1.67 bits per heavy atom. The lowest BCUT2D eigenvalue weighted by Gasteiger charge is -2.12. The van der Waals surface area contributed by atoms with E-state index in [1.54, 1.807) is 7.11 Å². The summed E-state index contributed by atoms with van der Waals surface area (Å²) in [5.74, 6) is 2.55. The third-order valence-electron chi connectivity index (χ3n) is 3.93. The number of methoxy groups -OCH3 is 1. The van der Waals surface area contributed by atoms with Gasteiger partial charge in [0.25, 0.3) is 5.89 Å². The molecule has 5 nitrogen and oxygen atoms in total. The van der Waals surface area contributed by atoms with Gasteiger partial charge in [-0.05, 0) is 68.3 Å². The lowest BCUT2D eigenvalue weighted by atomic mass is 10.1. The second-order valence-corrected chi connectivity index (χ2v) is 5.69. The summed E-state index contributed by atoms with van der Waals surface area (Å²) >= 11 is 0.